The molecule has 2 aliphatic rings. The van der Waals surface area contributed by atoms with Gasteiger partial charge in [0, 0.05) is 26.1 Å². The van der Waals surface area contributed by atoms with Gasteiger partial charge in [-0.25, -0.2) is 4.79 Å². The molecule has 1 aliphatic heterocycles. The summed E-state index contributed by atoms with van der Waals surface area (Å²) in [5.41, 5.74) is -0.576. The number of alkyl carbamates (subject to hydrolysis) is 1. The molecular weight excluding hydrogens is 358 g/mol. The summed E-state index contributed by atoms with van der Waals surface area (Å²) in [6.45, 7) is 7.34. The van der Waals surface area contributed by atoms with Crippen molar-refractivity contribution in [2.75, 3.05) is 26.2 Å². The normalized spacial score (nSPS) is 19.2. The summed E-state index contributed by atoms with van der Waals surface area (Å²) in [5, 5.41) is 5.61. The summed E-state index contributed by atoms with van der Waals surface area (Å²) in [7, 11) is 0. The summed E-state index contributed by atoms with van der Waals surface area (Å²) in [6.07, 6.45) is 8.04. The number of piperidine rings is 1. The first-order valence-corrected chi connectivity index (χ1v) is 10.7. The smallest absolute Gasteiger partial charge is 0.408 e. The third-order valence-corrected chi connectivity index (χ3v) is 5.54. The maximum absolute atomic E-state index is 12.2. The standard InChI is InChI=1S/C21H37N3O4/c1-21(2,3)28-20(27)23-15-19(26)24-11-9-17(10-12-24)14-22-18(25)13-16-7-5-4-6-8-16/h16-17H,4-15H2,1-3H3,(H,22,25)(H,23,27). The third kappa shape index (κ3) is 8.48. The van der Waals surface area contributed by atoms with E-state index in [-0.39, 0.29) is 18.4 Å². The number of ether oxygens (including phenoxy) is 1. The van der Waals surface area contributed by atoms with Crippen LogP contribution in [0, 0.1) is 11.8 Å². The number of amides is 3. The van der Waals surface area contributed by atoms with E-state index in [0.29, 0.717) is 37.9 Å². The fraction of sp³-hybridized carbons (Fsp3) is 0.857. The first-order chi connectivity index (χ1) is 13.2. The lowest BCUT2D eigenvalue weighted by molar-refractivity contribution is -0.132. The summed E-state index contributed by atoms with van der Waals surface area (Å²) in [4.78, 5) is 37.8. The minimum Gasteiger partial charge on any atom is -0.444 e. The molecule has 1 saturated heterocycles. The molecule has 0 unspecified atom stereocenters. The van der Waals surface area contributed by atoms with Crippen molar-refractivity contribution in [1.29, 1.82) is 0 Å². The van der Waals surface area contributed by atoms with Crippen LogP contribution in [0.15, 0.2) is 0 Å². The Labute approximate surface area is 168 Å². The maximum atomic E-state index is 12.2. The molecule has 7 nitrogen and oxygen atoms in total. The Kier molecular flexibility index (Phi) is 8.58. The van der Waals surface area contributed by atoms with Crippen molar-refractivity contribution >= 4 is 17.9 Å². The zero-order valence-electron chi connectivity index (χ0n) is 17.7. The highest BCUT2D eigenvalue weighted by molar-refractivity contribution is 5.82. The number of hydrogen-bond acceptors (Lipinski definition) is 4. The van der Waals surface area contributed by atoms with Crippen molar-refractivity contribution in [3.63, 3.8) is 0 Å². The highest BCUT2D eigenvalue weighted by Crippen LogP contribution is 2.26. The van der Waals surface area contributed by atoms with E-state index in [0.717, 1.165) is 12.8 Å². The van der Waals surface area contributed by atoms with E-state index < -0.39 is 11.7 Å². The second-order valence-electron chi connectivity index (χ2n) is 9.19. The van der Waals surface area contributed by atoms with Gasteiger partial charge in [-0.1, -0.05) is 19.3 Å². The molecule has 1 aliphatic carbocycles. The minimum absolute atomic E-state index is 0.0439. The van der Waals surface area contributed by atoms with Crippen LogP contribution < -0.4 is 10.6 Å². The van der Waals surface area contributed by atoms with Gasteiger partial charge in [0.05, 0.1) is 0 Å². The second kappa shape index (κ2) is 10.7. The zero-order valence-corrected chi connectivity index (χ0v) is 17.7. The average molecular weight is 396 g/mol. The van der Waals surface area contributed by atoms with Crippen molar-refractivity contribution in [2.24, 2.45) is 11.8 Å². The summed E-state index contributed by atoms with van der Waals surface area (Å²) < 4.78 is 5.14. The van der Waals surface area contributed by atoms with E-state index in [1.165, 1.54) is 32.1 Å². The van der Waals surface area contributed by atoms with Crippen molar-refractivity contribution in [2.45, 2.75) is 77.7 Å². The number of rotatable bonds is 6. The van der Waals surface area contributed by atoms with Crippen LogP contribution in [-0.4, -0.2) is 54.6 Å². The number of nitrogens with one attached hydrogen (secondary N) is 2. The van der Waals surface area contributed by atoms with Gasteiger partial charge in [0.15, 0.2) is 0 Å². The molecular formula is C21H37N3O4. The third-order valence-electron chi connectivity index (χ3n) is 5.54. The Morgan fingerprint density at radius 3 is 2.18 bits per heavy atom. The highest BCUT2D eigenvalue weighted by atomic mass is 16.6. The predicted octanol–water partition coefficient (Wildman–Crippen LogP) is 2.84. The van der Waals surface area contributed by atoms with Crippen LogP contribution in [0.3, 0.4) is 0 Å². The number of likely N-dealkylation sites (tertiary alicyclic amines) is 1. The average Bonchev–Trinajstić information content (AvgIpc) is 2.64. The Balaban J connectivity index is 1.59. The molecule has 7 heteroatoms. The number of carbonyl (C=O) groups is 3. The van der Waals surface area contributed by atoms with E-state index in [4.69, 9.17) is 4.74 Å². The van der Waals surface area contributed by atoms with Crippen LogP contribution in [0.4, 0.5) is 4.79 Å². The topological polar surface area (TPSA) is 87.7 Å². The Hall–Kier alpha value is -1.79. The van der Waals surface area contributed by atoms with E-state index in [1.54, 1.807) is 25.7 Å². The summed E-state index contributed by atoms with van der Waals surface area (Å²) in [5.74, 6) is 1.06. The lowest BCUT2D eigenvalue weighted by Gasteiger charge is -2.32. The Morgan fingerprint density at radius 2 is 1.57 bits per heavy atom. The fourth-order valence-electron chi connectivity index (χ4n) is 3.94. The molecule has 2 N–H and O–H groups in total. The minimum atomic E-state index is -0.576. The largest absolute Gasteiger partial charge is 0.444 e. The van der Waals surface area contributed by atoms with E-state index in [9.17, 15) is 14.4 Å². The van der Waals surface area contributed by atoms with Gasteiger partial charge < -0.3 is 20.3 Å². The number of hydrogen-bond donors (Lipinski definition) is 2. The van der Waals surface area contributed by atoms with Crippen molar-refractivity contribution in [3.8, 4) is 0 Å². The molecule has 0 aromatic rings. The van der Waals surface area contributed by atoms with Gasteiger partial charge in [-0.05, 0) is 58.3 Å². The van der Waals surface area contributed by atoms with E-state index >= 15 is 0 Å². The van der Waals surface area contributed by atoms with Crippen molar-refractivity contribution in [3.05, 3.63) is 0 Å². The Morgan fingerprint density at radius 1 is 0.929 bits per heavy atom. The van der Waals surface area contributed by atoms with Crippen LogP contribution >= 0.6 is 0 Å². The first-order valence-electron chi connectivity index (χ1n) is 10.7. The van der Waals surface area contributed by atoms with E-state index in [1.807, 2.05) is 0 Å². The van der Waals surface area contributed by atoms with Crippen LogP contribution in [0.5, 0.6) is 0 Å². The quantitative estimate of drug-likeness (QED) is 0.724. The molecule has 1 heterocycles. The van der Waals surface area contributed by atoms with Gasteiger partial charge in [-0.2, -0.15) is 0 Å². The highest BCUT2D eigenvalue weighted by Gasteiger charge is 2.24. The summed E-state index contributed by atoms with van der Waals surface area (Å²) in [6, 6.07) is 0. The molecule has 1 saturated carbocycles. The van der Waals surface area contributed by atoms with Crippen LogP contribution in [0.25, 0.3) is 0 Å². The summed E-state index contributed by atoms with van der Waals surface area (Å²) >= 11 is 0. The zero-order chi connectivity index (χ0) is 20.6. The maximum Gasteiger partial charge on any atom is 0.408 e. The van der Waals surface area contributed by atoms with E-state index in [2.05, 4.69) is 10.6 Å². The number of nitrogens with zero attached hydrogens (tertiary/aromatic N) is 1. The van der Waals surface area contributed by atoms with Gasteiger partial charge >= 0.3 is 6.09 Å². The molecule has 28 heavy (non-hydrogen) atoms. The van der Waals surface area contributed by atoms with Crippen molar-refractivity contribution < 1.29 is 19.1 Å². The van der Waals surface area contributed by atoms with Gasteiger partial charge in [0.1, 0.15) is 12.1 Å². The van der Waals surface area contributed by atoms with Gasteiger partial charge in [0.25, 0.3) is 0 Å². The molecule has 0 bridgehead atoms. The predicted molar refractivity (Wildman–Crippen MR) is 108 cm³/mol. The SMILES string of the molecule is CC(C)(C)OC(=O)NCC(=O)N1CCC(CNC(=O)CC2CCCCC2)CC1. The molecule has 0 aromatic heterocycles. The molecule has 160 valence electrons. The van der Waals surface area contributed by atoms with Crippen molar-refractivity contribution in [1.82, 2.24) is 15.5 Å². The fourth-order valence-corrected chi connectivity index (χ4v) is 3.94. The van der Waals surface area contributed by atoms with Gasteiger partial charge in [-0.15, -0.1) is 0 Å². The first kappa shape index (κ1) is 22.5. The van der Waals surface area contributed by atoms with Crippen LogP contribution in [-0.2, 0) is 14.3 Å². The molecule has 2 fully saturated rings. The molecule has 0 radical (unpaired) electrons. The molecule has 3 amide bonds. The Bertz CT molecular complexity index is 530. The second-order valence-corrected chi connectivity index (χ2v) is 9.19. The monoisotopic (exact) mass is 395 g/mol. The molecule has 0 aromatic carbocycles. The van der Waals surface area contributed by atoms with Gasteiger partial charge in [0.2, 0.25) is 11.8 Å². The van der Waals surface area contributed by atoms with Crippen LogP contribution in [0.1, 0.15) is 72.1 Å². The molecule has 0 spiro atoms. The number of carbonyl (C=O) groups excluding carboxylic acids is 3. The molecule has 2 rings (SSSR count). The van der Waals surface area contributed by atoms with Crippen LogP contribution in [0.2, 0.25) is 0 Å². The molecule has 0 atom stereocenters. The lowest BCUT2D eigenvalue weighted by atomic mass is 9.87. The van der Waals surface area contributed by atoms with Gasteiger partial charge in [-0.3, -0.25) is 9.59 Å². The lowest BCUT2D eigenvalue weighted by Crippen LogP contribution is -2.46.